The maximum atomic E-state index is 12.2. The Labute approximate surface area is 108 Å². The lowest BCUT2D eigenvalue weighted by Gasteiger charge is -2.03. The monoisotopic (exact) mass is 323 g/mol. The van der Waals surface area contributed by atoms with Gasteiger partial charge < -0.3 is 0 Å². The van der Waals surface area contributed by atoms with Crippen molar-refractivity contribution >= 4 is 28.4 Å². The van der Waals surface area contributed by atoms with Crippen molar-refractivity contribution in [1.29, 1.82) is 0 Å². The molecule has 0 N–H and O–H groups in total. The van der Waals surface area contributed by atoms with Gasteiger partial charge in [-0.25, -0.2) is 0 Å². The average molecular weight is 323 g/mol. The van der Waals surface area contributed by atoms with Crippen molar-refractivity contribution in [3.63, 3.8) is 0 Å². The predicted octanol–water partition coefficient (Wildman–Crippen LogP) is 3.23. The van der Waals surface area contributed by atoms with Gasteiger partial charge in [-0.05, 0) is 53.8 Å². The molecule has 80 valence electrons. The molecule has 0 saturated carbocycles. The Bertz CT molecular complexity index is 537. The lowest BCUT2D eigenvalue weighted by Crippen LogP contribution is -2.04. The fourth-order valence-corrected chi connectivity index (χ4v) is 2.12. The van der Waals surface area contributed by atoms with Crippen molar-refractivity contribution in [2.75, 3.05) is 0 Å². The third-order valence-electron chi connectivity index (χ3n) is 2.28. The molecule has 2 aromatic rings. The molecule has 0 radical (unpaired) electrons. The topological polar surface area (TPSA) is 30.0 Å². The number of carbonyl (C=O) groups is 1. The van der Waals surface area contributed by atoms with Crippen LogP contribution in [-0.4, -0.2) is 10.8 Å². The lowest BCUT2D eigenvalue weighted by molar-refractivity contribution is 0.103. The Morgan fingerprint density at radius 1 is 1.25 bits per heavy atom. The molecule has 1 heterocycles. The van der Waals surface area contributed by atoms with Gasteiger partial charge in [0, 0.05) is 26.6 Å². The van der Waals surface area contributed by atoms with Gasteiger partial charge in [0.05, 0.1) is 0 Å². The molecule has 0 aliphatic rings. The van der Waals surface area contributed by atoms with Crippen LogP contribution in [0.4, 0.5) is 0 Å². The molecule has 3 heteroatoms. The molecule has 16 heavy (non-hydrogen) atoms. The van der Waals surface area contributed by atoms with Gasteiger partial charge in [-0.2, -0.15) is 0 Å². The van der Waals surface area contributed by atoms with Gasteiger partial charge in [-0.1, -0.05) is 12.1 Å². The number of benzene rings is 1. The second-order valence-corrected chi connectivity index (χ2v) is 4.66. The highest BCUT2D eigenvalue weighted by Crippen LogP contribution is 2.16. The van der Waals surface area contributed by atoms with Crippen LogP contribution >= 0.6 is 22.6 Å². The van der Waals surface area contributed by atoms with Gasteiger partial charge in [0.15, 0.2) is 5.78 Å². The van der Waals surface area contributed by atoms with Gasteiger partial charge in [0.25, 0.3) is 0 Å². The Kier molecular flexibility index (Phi) is 3.33. The molecule has 0 spiro atoms. The van der Waals surface area contributed by atoms with Gasteiger partial charge in [0.1, 0.15) is 0 Å². The van der Waals surface area contributed by atoms with Crippen LogP contribution in [0.25, 0.3) is 0 Å². The predicted molar refractivity (Wildman–Crippen MR) is 71.6 cm³/mol. The van der Waals surface area contributed by atoms with Crippen LogP contribution in [0.5, 0.6) is 0 Å². The minimum Gasteiger partial charge on any atom is -0.289 e. The molecule has 0 aliphatic heterocycles. The van der Waals surface area contributed by atoms with E-state index in [-0.39, 0.29) is 5.78 Å². The van der Waals surface area contributed by atoms with Crippen molar-refractivity contribution in [3.8, 4) is 0 Å². The van der Waals surface area contributed by atoms with Crippen LogP contribution in [0.1, 0.15) is 21.6 Å². The molecule has 0 atom stereocenters. The molecule has 0 unspecified atom stereocenters. The smallest absolute Gasteiger partial charge is 0.194 e. The standard InChI is InChI=1S/C13H10INO/c1-9-8-10(6-7-15-9)13(16)11-4-2-3-5-12(11)14/h2-8H,1H3. The summed E-state index contributed by atoms with van der Waals surface area (Å²) in [4.78, 5) is 16.3. The molecule has 1 aromatic heterocycles. The second kappa shape index (κ2) is 4.74. The summed E-state index contributed by atoms with van der Waals surface area (Å²) < 4.78 is 0.972. The van der Waals surface area contributed by atoms with Crippen molar-refractivity contribution < 1.29 is 4.79 Å². The molecular weight excluding hydrogens is 313 g/mol. The van der Waals surface area contributed by atoms with E-state index in [1.165, 1.54) is 0 Å². The van der Waals surface area contributed by atoms with E-state index in [9.17, 15) is 4.79 Å². The molecular formula is C13H10INO. The first-order chi connectivity index (χ1) is 7.68. The molecule has 0 fully saturated rings. The zero-order chi connectivity index (χ0) is 11.5. The van der Waals surface area contributed by atoms with E-state index in [0.717, 1.165) is 14.8 Å². The molecule has 2 rings (SSSR count). The molecule has 0 saturated heterocycles. The van der Waals surface area contributed by atoms with Gasteiger partial charge in [-0.3, -0.25) is 9.78 Å². The third kappa shape index (κ3) is 2.29. The second-order valence-electron chi connectivity index (χ2n) is 3.49. The van der Waals surface area contributed by atoms with Gasteiger partial charge in [0.2, 0.25) is 0 Å². The number of halogens is 1. The Balaban J connectivity index is 2.44. The number of hydrogen-bond donors (Lipinski definition) is 0. The minimum atomic E-state index is 0.0514. The summed E-state index contributed by atoms with van der Waals surface area (Å²) in [7, 11) is 0. The quantitative estimate of drug-likeness (QED) is 0.627. The van der Waals surface area contributed by atoms with E-state index in [4.69, 9.17) is 0 Å². The number of carbonyl (C=O) groups excluding carboxylic acids is 1. The summed E-state index contributed by atoms with van der Waals surface area (Å²) in [5.74, 6) is 0.0514. The maximum Gasteiger partial charge on any atom is 0.194 e. The zero-order valence-electron chi connectivity index (χ0n) is 8.77. The minimum absolute atomic E-state index is 0.0514. The Hall–Kier alpha value is -1.23. The number of aryl methyl sites for hydroxylation is 1. The normalized spacial score (nSPS) is 10.1. The highest BCUT2D eigenvalue weighted by Gasteiger charge is 2.11. The molecule has 0 aliphatic carbocycles. The number of nitrogens with zero attached hydrogens (tertiary/aromatic N) is 1. The highest BCUT2D eigenvalue weighted by atomic mass is 127. The summed E-state index contributed by atoms with van der Waals surface area (Å²) in [6, 6.07) is 11.1. The van der Waals surface area contributed by atoms with Gasteiger partial charge in [-0.15, -0.1) is 0 Å². The first-order valence-corrected chi connectivity index (χ1v) is 5.98. The Morgan fingerprint density at radius 2 is 2.00 bits per heavy atom. The molecule has 2 nitrogen and oxygen atoms in total. The van der Waals surface area contributed by atoms with Crippen LogP contribution in [0.3, 0.4) is 0 Å². The summed E-state index contributed by atoms with van der Waals surface area (Å²) in [5.41, 5.74) is 2.29. The molecule has 0 amide bonds. The van der Waals surface area contributed by atoms with E-state index in [1.807, 2.05) is 37.3 Å². The average Bonchev–Trinajstić information content (AvgIpc) is 2.29. The first kappa shape index (κ1) is 11.3. The fraction of sp³-hybridized carbons (Fsp3) is 0.0769. The largest absolute Gasteiger partial charge is 0.289 e. The van der Waals surface area contributed by atoms with E-state index >= 15 is 0 Å². The maximum absolute atomic E-state index is 12.2. The van der Waals surface area contributed by atoms with Crippen molar-refractivity contribution in [1.82, 2.24) is 4.98 Å². The lowest BCUT2D eigenvalue weighted by atomic mass is 10.0. The highest BCUT2D eigenvalue weighted by molar-refractivity contribution is 14.1. The Morgan fingerprint density at radius 3 is 2.69 bits per heavy atom. The van der Waals surface area contributed by atoms with Crippen LogP contribution in [0, 0.1) is 10.5 Å². The van der Waals surface area contributed by atoms with E-state index < -0.39 is 0 Å². The SMILES string of the molecule is Cc1cc(C(=O)c2ccccc2I)ccn1. The van der Waals surface area contributed by atoms with Crippen LogP contribution in [-0.2, 0) is 0 Å². The van der Waals surface area contributed by atoms with Crippen LogP contribution in [0.15, 0.2) is 42.6 Å². The van der Waals surface area contributed by atoms with Gasteiger partial charge >= 0.3 is 0 Å². The summed E-state index contributed by atoms with van der Waals surface area (Å²) in [6.07, 6.45) is 1.67. The number of hydrogen-bond acceptors (Lipinski definition) is 2. The first-order valence-electron chi connectivity index (χ1n) is 4.90. The summed E-state index contributed by atoms with van der Waals surface area (Å²) in [6.45, 7) is 1.88. The number of rotatable bonds is 2. The van der Waals surface area contributed by atoms with E-state index in [0.29, 0.717) is 5.56 Å². The third-order valence-corrected chi connectivity index (χ3v) is 3.22. The summed E-state index contributed by atoms with van der Waals surface area (Å²) >= 11 is 2.17. The van der Waals surface area contributed by atoms with Crippen LogP contribution < -0.4 is 0 Å². The van der Waals surface area contributed by atoms with Crippen molar-refractivity contribution in [2.45, 2.75) is 6.92 Å². The van der Waals surface area contributed by atoms with E-state index in [2.05, 4.69) is 27.6 Å². The fourth-order valence-electron chi connectivity index (χ4n) is 1.49. The van der Waals surface area contributed by atoms with Crippen molar-refractivity contribution in [3.05, 3.63) is 63.0 Å². The van der Waals surface area contributed by atoms with Crippen LogP contribution in [0.2, 0.25) is 0 Å². The number of ketones is 1. The molecule has 1 aromatic carbocycles. The summed E-state index contributed by atoms with van der Waals surface area (Å²) in [5, 5.41) is 0. The van der Waals surface area contributed by atoms with Crippen molar-refractivity contribution in [2.24, 2.45) is 0 Å². The zero-order valence-corrected chi connectivity index (χ0v) is 10.9. The number of pyridine rings is 1. The molecule has 0 bridgehead atoms. The number of aromatic nitrogens is 1. The van der Waals surface area contributed by atoms with E-state index in [1.54, 1.807) is 12.3 Å².